The predicted octanol–water partition coefficient (Wildman–Crippen LogP) is 5.83. The van der Waals surface area contributed by atoms with E-state index < -0.39 is 0 Å². The fraction of sp³-hybridized carbons (Fsp3) is 0.750. The SMILES string of the molecule is CCCCCCCCC(NCCC)c1ccc(Br)o1. The molecule has 1 heterocycles. The molecule has 1 rings (SSSR count). The molecule has 0 spiro atoms. The number of unbranched alkanes of at least 4 members (excludes halogenated alkanes) is 5. The Morgan fingerprint density at radius 1 is 1.05 bits per heavy atom. The molecular formula is C16H28BrNO. The molecule has 0 aliphatic heterocycles. The van der Waals surface area contributed by atoms with Crippen LogP contribution in [-0.2, 0) is 0 Å². The van der Waals surface area contributed by atoms with Crippen molar-refractivity contribution in [3.63, 3.8) is 0 Å². The zero-order valence-electron chi connectivity index (χ0n) is 12.4. The van der Waals surface area contributed by atoms with Gasteiger partial charge in [0.1, 0.15) is 5.76 Å². The van der Waals surface area contributed by atoms with Crippen molar-refractivity contribution in [2.75, 3.05) is 6.54 Å². The zero-order valence-corrected chi connectivity index (χ0v) is 14.0. The highest BCUT2D eigenvalue weighted by Crippen LogP contribution is 2.25. The third kappa shape index (κ3) is 7.17. The van der Waals surface area contributed by atoms with Crippen LogP contribution in [0.15, 0.2) is 21.2 Å². The summed E-state index contributed by atoms with van der Waals surface area (Å²) in [6.45, 7) is 5.52. The van der Waals surface area contributed by atoms with E-state index in [9.17, 15) is 0 Å². The molecule has 2 nitrogen and oxygen atoms in total. The molecule has 110 valence electrons. The lowest BCUT2D eigenvalue weighted by Crippen LogP contribution is -2.21. The van der Waals surface area contributed by atoms with Crippen molar-refractivity contribution in [1.82, 2.24) is 5.32 Å². The summed E-state index contributed by atoms with van der Waals surface area (Å²) in [5, 5.41) is 3.59. The lowest BCUT2D eigenvalue weighted by atomic mass is 10.0. The third-order valence-electron chi connectivity index (χ3n) is 3.42. The molecule has 0 aliphatic rings. The number of furan rings is 1. The van der Waals surface area contributed by atoms with Gasteiger partial charge < -0.3 is 9.73 Å². The Kier molecular flexibility index (Phi) is 9.27. The maximum absolute atomic E-state index is 5.69. The van der Waals surface area contributed by atoms with E-state index in [2.05, 4.69) is 41.2 Å². The second kappa shape index (κ2) is 10.5. The van der Waals surface area contributed by atoms with Gasteiger partial charge in [0.25, 0.3) is 0 Å². The molecule has 0 aromatic carbocycles. The van der Waals surface area contributed by atoms with Gasteiger partial charge in [-0.05, 0) is 47.4 Å². The summed E-state index contributed by atoms with van der Waals surface area (Å²) in [5.74, 6) is 1.06. The minimum atomic E-state index is 0.373. The Bertz CT molecular complexity index is 324. The monoisotopic (exact) mass is 329 g/mol. The third-order valence-corrected chi connectivity index (χ3v) is 3.85. The molecule has 19 heavy (non-hydrogen) atoms. The lowest BCUT2D eigenvalue weighted by Gasteiger charge is -2.16. The van der Waals surface area contributed by atoms with Gasteiger partial charge in [0, 0.05) is 0 Å². The van der Waals surface area contributed by atoms with Gasteiger partial charge in [0.2, 0.25) is 0 Å². The van der Waals surface area contributed by atoms with Gasteiger partial charge in [-0.3, -0.25) is 0 Å². The van der Waals surface area contributed by atoms with Crippen molar-refractivity contribution in [3.8, 4) is 0 Å². The minimum Gasteiger partial charge on any atom is -0.453 e. The van der Waals surface area contributed by atoms with E-state index in [1.807, 2.05) is 6.07 Å². The van der Waals surface area contributed by atoms with Crippen molar-refractivity contribution in [3.05, 3.63) is 22.6 Å². The largest absolute Gasteiger partial charge is 0.453 e. The molecule has 0 amide bonds. The molecule has 0 saturated heterocycles. The summed E-state index contributed by atoms with van der Waals surface area (Å²) in [6, 6.07) is 4.43. The van der Waals surface area contributed by atoms with Gasteiger partial charge in [-0.15, -0.1) is 0 Å². The fourth-order valence-corrected chi connectivity index (χ4v) is 2.63. The van der Waals surface area contributed by atoms with E-state index in [1.54, 1.807) is 0 Å². The molecule has 0 aliphatic carbocycles. The van der Waals surface area contributed by atoms with Gasteiger partial charge >= 0.3 is 0 Å². The highest BCUT2D eigenvalue weighted by molar-refractivity contribution is 9.10. The van der Waals surface area contributed by atoms with E-state index in [0.29, 0.717) is 6.04 Å². The zero-order chi connectivity index (χ0) is 13.9. The van der Waals surface area contributed by atoms with Crippen LogP contribution >= 0.6 is 15.9 Å². The molecule has 1 aromatic rings. The van der Waals surface area contributed by atoms with E-state index in [4.69, 9.17) is 4.42 Å². The quantitative estimate of drug-likeness (QED) is 0.516. The first-order valence-electron chi connectivity index (χ1n) is 7.76. The number of nitrogens with one attached hydrogen (secondary N) is 1. The van der Waals surface area contributed by atoms with E-state index in [-0.39, 0.29) is 0 Å². The number of hydrogen-bond donors (Lipinski definition) is 1. The van der Waals surface area contributed by atoms with Crippen LogP contribution in [0.25, 0.3) is 0 Å². The molecule has 3 heteroatoms. The molecule has 0 fully saturated rings. The standard InChI is InChI=1S/C16H28BrNO/c1-3-5-6-7-8-9-10-14(18-13-4-2)15-11-12-16(17)19-15/h11-12,14,18H,3-10,13H2,1-2H3. The maximum atomic E-state index is 5.69. The second-order valence-electron chi connectivity index (χ2n) is 5.21. The van der Waals surface area contributed by atoms with Gasteiger partial charge in [-0.1, -0.05) is 52.4 Å². The van der Waals surface area contributed by atoms with Crippen LogP contribution in [-0.4, -0.2) is 6.54 Å². The summed E-state index contributed by atoms with van der Waals surface area (Å²) in [6.07, 6.45) is 10.4. The Labute approximate surface area is 126 Å². The number of hydrogen-bond acceptors (Lipinski definition) is 2. The number of halogens is 1. The minimum absolute atomic E-state index is 0.373. The summed E-state index contributed by atoms with van der Waals surface area (Å²) in [5.41, 5.74) is 0. The Hall–Kier alpha value is -0.280. The predicted molar refractivity (Wildman–Crippen MR) is 85.4 cm³/mol. The fourth-order valence-electron chi connectivity index (χ4n) is 2.31. The van der Waals surface area contributed by atoms with Gasteiger partial charge in [0.15, 0.2) is 4.67 Å². The number of rotatable bonds is 11. The van der Waals surface area contributed by atoms with Crippen molar-refractivity contribution < 1.29 is 4.42 Å². The summed E-state index contributed by atoms with van der Waals surface area (Å²) < 4.78 is 6.52. The van der Waals surface area contributed by atoms with Crippen LogP contribution in [0.1, 0.15) is 77.0 Å². The van der Waals surface area contributed by atoms with Crippen molar-refractivity contribution >= 4 is 15.9 Å². The van der Waals surface area contributed by atoms with Crippen LogP contribution in [0.4, 0.5) is 0 Å². The molecule has 0 radical (unpaired) electrons. The molecule has 1 unspecified atom stereocenters. The van der Waals surface area contributed by atoms with E-state index in [1.165, 1.54) is 44.9 Å². The van der Waals surface area contributed by atoms with Crippen molar-refractivity contribution in [2.24, 2.45) is 0 Å². The van der Waals surface area contributed by atoms with Crippen molar-refractivity contribution in [2.45, 2.75) is 71.3 Å². The smallest absolute Gasteiger partial charge is 0.169 e. The van der Waals surface area contributed by atoms with Crippen LogP contribution in [0.3, 0.4) is 0 Å². The Morgan fingerprint density at radius 3 is 2.42 bits per heavy atom. The first-order valence-corrected chi connectivity index (χ1v) is 8.55. The molecule has 1 aromatic heterocycles. The molecule has 0 saturated carbocycles. The van der Waals surface area contributed by atoms with Crippen LogP contribution in [0.5, 0.6) is 0 Å². The summed E-state index contributed by atoms with van der Waals surface area (Å²) in [4.78, 5) is 0. The van der Waals surface area contributed by atoms with Gasteiger partial charge in [0.05, 0.1) is 6.04 Å². The van der Waals surface area contributed by atoms with Gasteiger partial charge in [-0.25, -0.2) is 0 Å². The van der Waals surface area contributed by atoms with Crippen molar-refractivity contribution in [1.29, 1.82) is 0 Å². The van der Waals surface area contributed by atoms with Crippen LogP contribution in [0.2, 0.25) is 0 Å². The lowest BCUT2D eigenvalue weighted by molar-refractivity contribution is 0.376. The van der Waals surface area contributed by atoms with E-state index in [0.717, 1.165) is 23.4 Å². The Morgan fingerprint density at radius 2 is 1.79 bits per heavy atom. The molecular weight excluding hydrogens is 302 g/mol. The maximum Gasteiger partial charge on any atom is 0.169 e. The molecule has 1 atom stereocenters. The highest BCUT2D eigenvalue weighted by Gasteiger charge is 2.14. The summed E-state index contributed by atoms with van der Waals surface area (Å²) >= 11 is 3.38. The normalized spacial score (nSPS) is 12.8. The average molecular weight is 330 g/mol. The summed E-state index contributed by atoms with van der Waals surface area (Å²) in [7, 11) is 0. The first-order chi connectivity index (χ1) is 9.27. The van der Waals surface area contributed by atoms with Crippen LogP contribution in [0, 0.1) is 0 Å². The Balaban J connectivity index is 2.29. The molecule has 1 N–H and O–H groups in total. The highest BCUT2D eigenvalue weighted by atomic mass is 79.9. The second-order valence-corrected chi connectivity index (χ2v) is 5.99. The topological polar surface area (TPSA) is 25.2 Å². The van der Waals surface area contributed by atoms with E-state index >= 15 is 0 Å². The average Bonchev–Trinajstić information content (AvgIpc) is 2.83. The molecule has 0 bridgehead atoms. The van der Waals surface area contributed by atoms with Gasteiger partial charge in [-0.2, -0.15) is 0 Å². The van der Waals surface area contributed by atoms with Crippen LogP contribution < -0.4 is 5.32 Å². The first kappa shape index (κ1) is 16.8.